The van der Waals surface area contributed by atoms with E-state index in [2.05, 4.69) is 81.4 Å². The smallest absolute Gasteiger partial charge is 0.264 e. The first-order chi connectivity index (χ1) is 11.5. The van der Waals surface area contributed by atoms with Crippen molar-refractivity contribution in [3.8, 4) is 0 Å². The molecule has 0 aromatic heterocycles. The fraction of sp³-hybridized carbons (Fsp3) is 0.429. The molecular formula is C21H26O2Si. The van der Waals surface area contributed by atoms with Crippen molar-refractivity contribution in [2.45, 2.75) is 57.0 Å². The van der Waals surface area contributed by atoms with E-state index in [-0.39, 0.29) is 10.8 Å². The topological polar surface area (TPSA) is 21.8 Å². The third kappa shape index (κ3) is 2.38. The lowest BCUT2D eigenvalue weighted by molar-refractivity contribution is 0.0429. The van der Waals surface area contributed by atoms with Gasteiger partial charge in [-0.05, 0) is 28.3 Å². The van der Waals surface area contributed by atoms with Gasteiger partial charge in [-0.25, -0.2) is 0 Å². The highest BCUT2D eigenvalue weighted by atomic mass is 28.4. The Labute approximate surface area is 145 Å². The summed E-state index contributed by atoms with van der Waals surface area (Å²) in [6.45, 7) is 6.96. The summed E-state index contributed by atoms with van der Waals surface area (Å²) in [6, 6.07) is 21.7. The lowest BCUT2D eigenvalue weighted by Gasteiger charge is -2.44. The molecule has 0 amide bonds. The van der Waals surface area contributed by atoms with Gasteiger partial charge in [-0.15, -0.1) is 0 Å². The summed E-state index contributed by atoms with van der Waals surface area (Å²) in [4.78, 5) is 0. The van der Waals surface area contributed by atoms with E-state index >= 15 is 0 Å². The molecule has 2 aromatic carbocycles. The molecule has 1 aliphatic heterocycles. The van der Waals surface area contributed by atoms with Gasteiger partial charge >= 0.3 is 0 Å². The Kier molecular flexibility index (Phi) is 3.71. The molecule has 2 unspecified atom stereocenters. The van der Waals surface area contributed by atoms with Crippen LogP contribution in [0.4, 0.5) is 0 Å². The highest BCUT2D eigenvalue weighted by Gasteiger charge is 2.66. The molecule has 0 radical (unpaired) electrons. The van der Waals surface area contributed by atoms with E-state index in [4.69, 9.17) is 9.16 Å². The molecule has 1 saturated heterocycles. The predicted octanol–water partition coefficient (Wildman–Crippen LogP) is 3.84. The first kappa shape index (κ1) is 16.1. The fourth-order valence-electron chi connectivity index (χ4n) is 4.29. The van der Waals surface area contributed by atoms with Crippen molar-refractivity contribution in [3.63, 3.8) is 0 Å². The molecule has 2 aromatic rings. The van der Waals surface area contributed by atoms with Crippen molar-refractivity contribution in [1.29, 1.82) is 0 Å². The molecule has 4 rings (SSSR count). The summed E-state index contributed by atoms with van der Waals surface area (Å²) >= 11 is 0. The summed E-state index contributed by atoms with van der Waals surface area (Å²) in [5.41, 5.74) is 0. The average Bonchev–Trinajstić information content (AvgIpc) is 3.12. The summed E-state index contributed by atoms with van der Waals surface area (Å²) in [6.07, 6.45) is 3.68. The van der Waals surface area contributed by atoms with E-state index in [1.807, 2.05) is 0 Å². The van der Waals surface area contributed by atoms with Gasteiger partial charge < -0.3 is 9.16 Å². The van der Waals surface area contributed by atoms with E-state index in [1.54, 1.807) is 0 Å². The third-order valence-corrected chi connectivity index (χ3v) is 10.6. The first-order valence-corrected chi connectivity index (χ1v) is 10.9. The lowest BCUT2D eigenvalue weighted by Crippen LogP contribution is -2.68. The Hall–Kier alpha value is -1.42. The third-order valence-electron chi connectivity index (χ3n) is 5.51. The SMILES string of the molecule is CC(C)(C)[Si](OC12CCCC1O2)(c1ccccc1)c1ccccc1. The van der Waals surface area contributed by atoms with Gasteiger partial charge in [-0.3, -0.25) is 0 Å². The van der Waals surface area contributed by atoms with Crippen LogP contribution in [0.2, 0.25) is 5.04 Å². The average molecular weight is 339 g/mol. The molecule has 0 spiro atoms. The molecule has 2 aliphatic rings. The van der Waals surface area contributed by atoms with Crippen LogP contribution in [0.3, 0.4) is 0 Å². The maximum absolute atomic E-state index is 7.11. The predicted molar refractivity (Wildman–Crippen MR) is 100 cm³/mol. The fourth-order valence-corrected chi connectivity index (χ4v) is 9.02. The van der Waals surface area contributed by atoms with E-state index in [0.717, 1.165) is 12.8 Å². The second-order valence-electron chi connectivity index (χ2n) is 8.08. The maximum Gasteiger partial charge on any atom is 0.264 e. The molecule has 0 bridgehead atoms. The number of epoxide rings is 1. The molecule has 3 heteroatoms. The van der Waals surface area contributed by atoms with Crippen molar-refractivity contribution in [3.05, 3.63) is 60.7 Å². The van der Waals surface area contributed by atoms with Crippen molar-refractivity contribution >= 4 is 18.7 Å². The highest BCUT2D eigenvalue weighted by Crippen LogP contribution is 2.54. The molecule has 2 nitrogen and oxygen atoms in total. The molecule has 2 fully saturated rings. The Balaban J connectivity index is 1.90. The summed E-state index contributed by atoms with van der Waals surface area (Å²) < 4.78 is 13.2. The largest absolute Gasteiger partial charge is 0.378 e. The molecule has 1 heterocycles. The lowest BCUT2D eigenvalue weighted by atomic mass is 10.2. The molecule has 1 aliphatic carbocycles. The Morgan fingerprint density at radius 1 is 0.958 bits per heavy atom. The minimum absolute atomic E-state index is 0.0174. The Morgan fingerprint density at radius 2 is 1.50 bits per heavy atom. The maximum atomic E-state index is 7.11. The number of hydrogen-bond donors (Lipinski definition) is 0. The molecule has 126 valence electrons. The van der Waals surface area contributed by atoms with Crippen molar-refractivity contribution < 1.29 is 9.16 Å². The minimum Gasteiger partial charge on any atom is -0.378 e. The van der Waals surface area contributed by atoms with Gasteiger partial charge in [0, 0.05) is 6.42 Å². The van der Waals surface area contributed by atoms with Crippen molar-refractivity contribution in [1.82, 2.24) is 0 Å². The Morgan fingerprint density at radius 3 is 1.88 bits per heavy atom. The number of benzene rings is 2. The van der Waals surface area contributed by atoms with Crippen LogP contribution >= 0.6 is 0 Å². The van der Waals surface area contributed by atoms with Gasteiger partial charge in [0.05, 0.1) is 0 Å². The van der Waals surface area contributed by atoms with Gasteiger partial charge in [0.15, 0.2) is 5.79 Å². The van der Waals surface area contributed by atoms with E-state index in [9.17, 15) is 0 Å². The molecule has 0 N–H and O–H groups in total. The number of rotatable bonds is 4. The van der Waals surface area contributed by atoms with Crippen LogP contribution in [0.25, 0.3) is 0 Å². The van der Waals surface area contributed by atoms with Crippen LogP contribution in [0.1, 0.15) is 40.0 Å². The summed E-state index contributed by atoms with van der Waals surface area (Å²) in [5.74, 6) is -0.328. The van der Waals surface area contributed by atoms with Crippen LogP contribution < -0.4 is 10.4 Å². The number of ether oxygens (including phenoxy) is 1. The highest BCUT2D eigenvalue weighted by molar-refractivity contribution is 6.99. The quantitative estimate of drug-likeness (QED) is 0.624. The van der Waals surface area contributed by atoms with E-state index in [0.29, 0.717) is 6.10 Å². The zero-order valence-corrected chi connectivity index (χ0v) is 15.8. The first-order valence-electron chi connectivity index (χ1n) is 8.97. The zero-order valence-electron chi connectivity index (χ0n) is 14.8. The van der Waals surface area contributed by atoms with E-state index < -0.39 is 8.32 Å². The van der Waals surface area contributed by atoms with Crippen LogP contribution in [0, 0.1) is 0 Å². The Bertz CT molecular complexity index is 668. The summed E-state index contributed by atoms with van der Waals surface area (Å²) in [5, 5.41) is 2.68. The standard InChI is InChI=1S/C21H26O2Si/c1-20(2,3)24(17-11-6-4-7-12-17,18-13-8-5-9-14-18)23-21-16-10-15-19(21)22-21/h4-9,11-14,19H,10,15-16H2,1-3H3. The minimum atomic E-state index is -2.47. The van der Waals surface area contributed by atoms with Gasteiger partial charge in [0.1, 0.15) is 6.10 Å². The van der Waals surface area contributed by atoms with Crippen molar-refractivity contribution in [2.24, 2.45) is 0 Å². The normalized spacial score (nSPS) is 26.2. The van der Waals surface area contributed by atoms with Gasteiger partial charge in [-0.2, -0.15) is 0 Å². The second kappa shape index (κ2) is 5.55. The zero-order chi connectivity index (χ0) is 16.8. The van der Waals surface area contributed by atoms with Crippen molar-refractivity contribution in [2.75, 3.05) is 0 Å². The number of fused-ring (bicyclic) bond motifs is 1. The van der Waals surface area contributed by atoms with Gasteiger partial charge in [-0.1, -0.05) is 81.4 Å². The van der Waals surface area contributed by atoms with Crippen LogP contribution in [-0.2, 0) is 9.16 Å². The number of hydrogen-bond acceptors (Lipinski definition) is 2. The summed E-state index contributed by atoms with van der Waals surface area (Å²) in [7, 11) is -2.47. The molecule has 2 atom stereocenters. The monoisotopic (exact) mass is 338 g/mol. The van der Waals surface area contributed by atoms with Crippen LogP contribution in [-0.4, -0.2) is 20.2 Å². The van der Waals surface area contributed by atoms with E-state index in [1.165, 1.54) is 16.8 Å². The van der Waals surface area contributed by atoms with Crippen LogP contribution in [0.15, 0.2) is 60.7 Å². The second-order valence-corrected chi connectivity index (χ2v) is 12.3. The van der Waals surface area contributed by atoms with Gasteiger partial charge in [0.2, 0.25) is 0 Å². The molecule has 1 saturated carbocycles. The molecule has 24 heavy (non-hydrogen) atoms. The van der Waals surface area contributed by atoms with Crippen LogP contribution in [0.5, 0.6) is 0 Å². The van der Waals surface area contributed by atoms with Gasteiger partial charge in [0.25, 0.3) is 8.32 Å². The molecular weight excluding hydrogens is 312 g/mol.